The van der Waals surface area contributed by atoms with Crippen LogP contribution in [0.15, 0.2) is 12.1 Å². The Hall–Kier alpha value is -0.770. The summed E-state index contributed by atoms with van der Waals surface area (Å²) in [4.78, 5) is 0. The number of ether oxygens (including phenoxy) is 1. The van der Waals surface area contributed by atoms with Gasteiger partial charge < -0.3 is 15.6 Å². The average Bonchev–Trinajstić information content (AvgIpc) is 2.31. The van der Waals surface area contributed by atoms with Crippen molar-refractivity contribution in [1.29, 1.82) is 0 Å². The third-order valence-electron chi connectivity index (χ3n) is 3.07. The summed E-state index contributed by atoms with van der Waals surface area (Å²) in [5.74, 6) is 0.640. The van der Waals surface area contributed by atoms with Gasteiger partial charge in [0.15, 0.2) is 0 Å². The molecule has 0 aliphatic rings. The first kappa shape index (κ1) is 14.3. The van der Waals surface area contributed by atoms with E-state index in [9.17, 15) is 5.11 Å². The van der Waals surface area contributed by atoms with Crippen LogP contribution in [-0.2, 0) is 0 Å². The number of rotatable bonds is 4. The maximum atomic E-state index is 10.4. The van der Waals surface area contributed by atoms with Crippen molar-refractivity contribution in [2.24, 2.45) is 11.1 Å². The molecular formula is C13H20ClNO2. The van der Waals surface area contributed by atoms with Crippen LogP contribution in [0.3, 0.4) is 0 Å². The first-order valence-electron chi connectivity index (χ1n) is 5.55. The predicted octanol–water partition coefficient (Wildman–Crippen LogP) is 2.68. The first-order chi connectivity index (χ1) is 7.83. The van der Waals surface area contributed by atoms with Gasteiger partial charge in [-0.1, -0.05) is 25.4 Å². The van der Waals surface area contributed by atoms with Crippen molar-refractivity contribution in [2.45, 2.75) is 26.9 Å². The van der Waals surface area contributed by atoms with Crippen LogP contribution in [0.25, 0.3) is 0 Å². The average molecular weight is 258 g/mol. The molecule has 0 bridgehead atoms. The van der Waals surface area contributed by atoms with Crippen LogP contribution in [0.4, 0.5) is 0 Å². The fourth-order valence-corrected chi connectivity index (χ4v) is 1.77. The highest BCUT2D eigenvalue weighted by Crippen LogP contribution is 2.39. The lowest BCUT2D eigenvalue weighted by Gasteiger charge is -2.30. The monoisotopic (exact) mass is 257 g/mol. The Morgan fingerprint density at radius 2 is 2.06 bits per heavy atom. The summed E-state index contributed by atoms with van der Waals surface area (Å²) >= 11 is 6.08. The van der Waals surface area contributed by atoms with Crippen molar-refractivity contribution in [3.63, 3.8) is 0 Å². The Morgan fingerprint density at radius 1 is 1.47 bits per heavy atom. The predicted molar refractivity (Wildman–Crippen MR) is 70.5 cm³/mol. The van der Waals surface area contributed by atoms with Gasteiger partial charge in [0.25, 0.3) is 0 Å². The second-order valence-electron chi connectivity index (χ2n) is 4.94. The van der Waals surface area contributed by atoms with Crippen molar-refractivity contribution in [3.8, 4) is 5.75 Å². The van der Waals surface area contributed by atoms with E-state index in [4.69, 9.17) is 22.1 Å². The lowest BCUT2D eigenvalue weighted by atomic mass is 9.82. The lowest BCUT2D eigenvalue weighted by Crippen LogP contribution is -2.31. The van der Waals surface area contributed by atoms with E-state index < -0.39 is 11.5 Å². The Bertz CT molecular complexity index is 405. The van der Waals surface area contributed by atoms with E-state index in [0.717, 1.165) is 5.56 Å². The number of aliphatic hydroxyl groups excluding tert-OH is 1. The molecule has 0 radical (unpaired) electrons. The van der Waals surface area contributed by atoms with Crippen LogP contribution in [0.1, 0.15) is 31.1 Å². The number of aryl methyl sites for hydroxylation is 1. The molecule has 17 heavy (non-hydrogen) atoms. The zero-order valence-corrected chi connectivity index (χ0v) is 11.5. The minimum Gasteiger partial charge on any atom is -0.496 e. The van der Waals surface area contributed by atoms with Crippen LogP contribution >= 0.6 is 11.6 Å². The molecule has 0 fully saturated rings. The largest absolute Gasteiger partial charge is 0.496 e. The molecule has 3 N–H and O–H groups in total. The molecule has 0 spiro atoms. The maximum absolute atomic E-state index is 10.4. The van der Waals surface area contributed by atoms with E-state index in [-0.39, 0.29) is 0 Å². The van der Waals surface area contributed by atoms with Crippen LogP contribution < -0.4 is 10.5 Å². The molecule has 0 saturated carbocycles. The summed E-state index contributed by atoms with van der Waals surface area (Å²) < 4.78 is 5.28. The normalized spacial score (nSPS) is 13.6. The quantitative estimate of drug-likeness (QED) is 0.872. The highest BCUT2D eigenvalue weighted by Gasteiger charge is 2.30. The number of hydrogen-bond donors (Lipinski definition) is 2. The second-order valence-corrected chi connectivity index (χ2v) is 5.35. The van der Waals surface area contributed by atoms with Crippen LogP contribution in [0.2, 0.25) is 5.02 Å². The number of benzene rings is 1. The highest BCUT2D eigenvalue weighted by molar-refractivity contribution is 6.31. The molecule has 0 aromatic heterocycles. The summed E-state index contributed by atoms with van der Waals surface area (Å²) in [5.41, 5.74) is 6.85. The van der Waals surface area contributed by atoms with Gasteiger partial charge in [-0.2, -0.15) is 0 Å². The molecule has 1 aromatic rings. The molecular weight excluding hydrogens is 238 g/mol. The van der Waals surface area contributed by atoms with Crippen LogP contribution in [-0.4, -0.2) is 18.8 Å². The number of aliphatic hydroxyl groups is 1. The molecule has 0 heterocycles. The molecule has 3 nitrogen and oxygen atoms in total. The Morgan fingerprint density at radius 3 is 2.53 bits per heavy atom. The van der Waals surface area contributed by atoms with Crippen molar-refractivity contribution < 1.29 is 9.84 Å². The molecule has 1 unspecified atom stereocenters. The minimum absolute atomic E-state index is 0.378. The van der Waals surface area contributed by atoms with Gasteiger partial charge in [0.2, 0.25) is 0 Å². The van der Waals surface area contributed by atoms with Crippen molar-refractivity contribution in [1.82, 2.24) is 0 Å². The third kappa shape index (κ3) is 2.92. The van der Waals surface area contributed by atoms with Crippen molar-refractivity contribution >= 4 is 11.6 Å². The fourth-order valence-electron chi connectivity index (χ4n) is 1.59. The van der Waals surface area contributed by atoms with Gasteiger partial charge in [-0.05, 0) is 24.6 Å². The van der Waals surface area contributed by atoms with Gasteiger partial charge in [-0.3, -0.25) is 0 Å². The third-order valence-corrected chi connectivity index (χ3v) is 3.48. The Kier molecular flexibility index (Phi) is 4.42. The lowest BCUT2D eigenvalue weighted by molar-refractivity contribution is 0.0534. The van der Waals surface area contributed by atoms with E-state index in [1.54, 1.807) is 13.2 Å². The van der Waals surface area contributed by atoms with Gasteiger partial charge in [0, 0.05) is 22.5 Å². The topological polar surface area (TPSA) is 55.5 Å². The summed E-state index contributed by atoms with van der Waals surface area (Å²) in [6.45, 7) is 6.09. The van der Waals surface area contributed by atoms with Crippen molar-refractivity contribution in [2.75, 3.05) is 13.7 Å². The van der Waals surface area contributed by atoms with Gasteiger partial charge in [-0.15, -0.1) is 0 Å². The van der Waals surface area contributed by atoms with Gasteiger partial charge in [-0.25, -0.2) is 0 Å². The van der Waals surface area contributed by atoms with E-state index in [1.807, 2.05) is 26.8 Å². The zero-order chi connectivity index (χ0) is 13.2. The molecule has 0 saturated heterocycles. The summed E-state index contributed by atoms with van der Waals surface area (Å²) in [7, 11) is 1.58. The molecule has 0 aliphatic heterocycles. The number of hydrogen-bond acceptors (Lipinski definition) is 3. The zero-order valence-electron chi connectivity index (χ0n) is 10.7. The summed E-state index contributed by atoms with van der Waals surface area (Å²) in [5, 5.41) is 11.0. The molecule has 1 atom stereocenters. The van der Waals surface area contributed by atoms with Gasteiger partial charge >= 0.3 is 0 Å². The van der Waals surface area contributed by atoms with Gasteiger partial charge in [0.1, 0.15) is 5.75 Å². The van der Waals surface area contributed by atoms with E-state index in [1.165, 1.54) is 0 Å². The summed E-state index contributed by atoms with van der Waals surface area (Å²) in [6.07, 6.45) is -0.708. The van der Waals surface area contributed by atoms with E-state index in [0.29, 0.717) is 22.9 Å². The molecule has 96 valence electrons. The number of methoxy groups -OCH3 is 1. The second kappa shape index (κ2) is 5.25. The Labute approximate surface area is 108 Å². The van der Waals surface area contributed by atoms with E-state index >= 15 is 0 Å². The van der Waals surface area contributed by atoms with Crippen LogP contribution in [0, 0.1) is 12.3 Å². The highest BCUT2D eigenvalue weighted by atomic mass is 35.5. The molecule has 1 aromatic carbocycles. The molecule has 0 amide bonds. The van der Waals surface area contributed by atoms with Gasteiger partial charge in [0.05, 0.1) is 13.2 Å². The van der Waals surface area contributed by atoms with E-state index in [2.05, 4.69) is 0 Å². The Balaban J connectivity index is 3.25. The smallest absolute Gasteiger partial charge is 0.125 e. The minimum atomic E-state index is -0.708. The van der Waals surface area contributed by atoms with Crippen molar-refractivity contribution in [3.05, 3.63) is 28.3 Å². The standard InChI is InChI=1S/C13H20ClNO2/c1-8-5-11(17-4)9(6-10(8)14)12(16)13(2,3)7-15/h5-6,12,16H,7,15H2,1-4H3. The SMILES string of the molecule is COc1cc(C)c(Cl)cc1C(O)C(C)(C)CN. The fraction of sp³-hybridized carbons (Fsp3) is 0.538. The maximum Gasteiger partial charge on any atom is 0.125 e. The molecule has 4 heteroatoms. The number of nitrogens with two attached hydrogens (primary N) is 1. The molecule has 1 rings (SSSR count). The number of halogens is 1. The van der Waals surface area contributed by atoms with Crippen LogP contribution in [0.5, 0.6) is 5.75 Å². The molecule has 0 aliphatic carbocycles. The first-order valence-corrected chi connectivity index (χ1v) is 5.93. The summed E-state index contributed by atoms with van der Waals surface area (Å²) in [6, 6.07) is 3.57.